The number of unbranched alkanes of at least 4 members (excludes halogenated alkanes) is 1. The molecule has 0 aliphatic heterocycles. The molecule has 17 heavy (non-hydrogen) atoms. The van der Waals surface area contributed by atoms with Crippen LogP contribution in [0.1, 0.15) is 33.1 Å². The largest absolute Gasteiger partial charge is 0.358 e. The Kier molecular flexibility index (Phi) is 5.39. The first-order valence-corrected chi connectivity index (χ1v) is 6.02. The molecule has 0 bridgehead atoms. The molecule has 0 radical (unpaired) electrons. The van der Waals surface area contributed by atoms with E-state index in [1.54, 1.807) is 13.0 Å². The quantitative estimate of drug-likeness (QED) is 0.821. The summed E-state index contributed by atoms with van der Waals surface area (Å²) < 4.78 is 0. The Morgan fingerprint density at radius 2 is 2.12 bits per heavy atom. The maximum absolute atomic E-state index is 11.2. The summed E-state index contributed by atoms with van der Waals surface area (Å²) in [6.45, 7) is 4.92. The molecule has 0 saturated carbocycles. The number of amides is 1. The van der Waals surface area contributed by atoms with Crippen molar-refractivity contribution >= 4 is 17.5 Å². The minimum absolute atomic E-state index is 0.0496. The van der Waals surface area contributed by atoms with E-state index in [9.17, 15) is 4.79 Å². The summed E-state index contributed by atoms with van der Waals surface area (Å²) in [5.41, 5.74) is 0. The van der Waals surface area contributed by atoms with E-state index in [4.69, 9.17) is 0 Å². The standard InChI is InChI=1S/C12H20N4O/c1-4-6-9-16(3)11-8-7-10(14-15-11)13-12(17)5-2/h7-8H,4-6,9H2,1-3H3,(H,13,14,17). The van der Waals surface area contributed by atoms with E-state index in [-0.39, 0.29) is 5.91 Å². The molecular weight excluding hydrogens is 216 g/mol. The van der Waals surface area contributed by atoms with Gasteiger partial charge in [0.25, 0.3) is 0 Å². The third kappa shape index (κ3) is 4.38. The average Bonchev–Trinajstić information content (AvgIpc) is 2.36. The monoisotopic (exact) mass is 236 g/mol. The molecule has 1 heterocycles. The summed E-state index contributed by atoms with van der Waals surface area (Å²) in [7, 11) is 1.99. The first-order valence-electron chi connectivity index (χ1n) is 6.02. The number of nitrogens with zero attached hydrogens (tertiary/aromatic N) is 3. The van der Waals surface area contributed by atoms with Gasteiger partial charge >= 0.3 is 0 Å². The lowest BCUT2D eigenvalue weighted by atomic mass is 10.3. The summed E-state index contributed by atoms with van der Waals surface area (Å²) in [6, 6.07) is 3.65. The summed E-state index contributed by atoms with van der Waals surface area (Å²) in [5.74, 6) is 1.28. The summed E-state index contributed by atoms with van der Waals surface area (Å²) >= 11 is 0. The highest BCUT2D eigenvalue weighted by atomic mass is 16.1. The molecule has 1 N–H and O–H groups in total. The van der Waals surface area contributed by atoms with Crippen LogP contribution in [0.5, 0.6) is 0 Å². The van der Waals surface area contributed by atoms with Gasteiger partial charge in [-0.05, 0) is 18.6 Å². The van der Waals surface area contributed by atoms with E-state index in [0.29, 0.717) is 12.2 Å². The Morgan fingerprint density at radius 1 is 1.35 bits per heavy atom. The minimum atomic E-state index is -0.0496. The van der Waals surface area contributed by atoms with Crippen LogP contribution in [0.25, 0.3) is 0 Å². The molecule has 1 amide bonds. The molecule has 5 nitrogen and oxygen atoms in total. The number of rotatable bonds is 6. The van der Waals surface area contributed by atoms with E-state index in [2.05, 4.69) is 27.3 Å². The number of nitrogens with one attached hydrogen (secondary N) is 1. The second-order valence-electron chi connectivity index (χ2n) is 3.95. The number of hydrogen-bond donors (Lipinski definition) is 1. The molecule has 0 spiro atoms. The predicted octanol–water partition coefficient (Wildman–Crippen LogP) is 2.06. The number of hydrogen-bond acceptors (Lipinski definition) is 4. The predicted molar refractivity (Wildman–Crippen MR) is 69.1 cm³/mol. The smallest absolute Gasteiger partial charge is 0.225 e. The maximum Gasteiger partial charge on any atom is 0.225 e. The summed E-state index contributed by atoms with van der Waals surface area (Å²) in [5, 5.41) is 10.7. The number of anilines is 2. The normalized spacial score (nSPS) is 10.1. The van der Waals surface area contributed by atoms with Gasteiger partial charge in [0.1, 0.15) is 0 Å². The molecule has 0 saturated heterocycles. The molecule has 1 aromatic rings. The topological polar surface area (TPSA) is 58.1 Å². The molecule has 1 rings (SSSR count). The zero-order chi connectivity index (χ0) is 12.7. The fraction of sp³-hybridized carbons (Fsp3) is 0.583. The molecule has 0 fully saturated rings. The lowest BCUT2D eigenvalue weighted by Gasteiger charge is -2.16. The van der Waals surface area contributed by atoms with Crippen LogP contribution >= 0.6 is 0 Å². The third-order valence-electron chi connectivity index (χ3n) is 2.48. The number of carbonyl (C=O) groups is 1. The van der Waals surface area contributed by atoms with Crippen molar-refractivity contribution in [2.75, 3.05) is 23.8 Å². The van der Waals surface area contributed by atoms with Gasteiger partial charge in [0.05, 0.1) is 0 Å². The van der Waals surface area contributed by atoms with E-state index in [1.165, 1.54) is 0 Å². The highest BCUT2D eigenvalue weighted by Crippen LogP contribution is 2.10. The number of carbonyl (C=O) groups excluding carboxylic acids is 1. The van der Waals surface area contributed by atoms with Gasteiger partial charge in [0, 0.05) is 20.0 Å². The lowest BCUT2D eigenvalue weighted by molar-refractivity contribution is -0.115. The van der Waals surface area contributed by atoms with E-state index in [1.807, 2.05) is 13.1 Å². The Bertz CT molecular complexity index is 350. The fourth-order valence-corrected chi connectivity index (χ4v) is 1.34. The van der Waals surface area contributed by atoms with E-state index >= 15 is 0 Å². The Hall–Kier alpha value is -1.65. The summed E-state index contributed by atoms with van der Waals surface area (Å²) in [6.07, 6.45) is 2.73. The van der Waals surface area contributed by atoms with E-state index in [0.717, 1.165) is 25.2 Å². The van der Waals surface area contributed by atoms with Gasteiger partial charge < -0.3 is 10.2 Å². The van der Waals surface area contributed by atoms with E-state index < -0.39 is 0 Å². The Labute approximate surface area is 102 Å². The molecule has 1 aromatic heterocycles. The van der Waals surface area contributed by atoms with Crippen molar-refractivity contribution in [3.05, 3.63) is 12.1 Å². The maximum atomic E-state index is 11.2. The van der Waals surface area contributed by atoms with Crippen molar-refractivity contribution < 1.29 is 4.79 Å². The second-order valence-corrected chi connectivity index (χ2v) is 3.95. The van der Waals surface area contributed by atoms with Crippen LogP contribution in [-0.4, -0.2) is 29.7 Å². The highest BCUT2D eigenvalue weighted by molar-refractivity contribution is 5.89. The van der Waals surface area contributed by atoms with Crippen LogP contribution in [0.2, 0.25) is 0 Å². The Balaban J connectivity index is 2.57. The van der Waals surface area contributed by atoms with Gasteiger partial charge in [-0.25, -0.2) is 0 Å². The first kappa shape index (κ1) is 13.4. The van der Waals surface area contributed by atoms with Crippen LogP contribution < -0.4 is 10.2 Å². The Morgan fingerprint density at radius 3 is 2.65 bits per heavy atom. The van der Waals surface area contributed by atoms with Crippen LogP contribution in [0.3, 0.4) is 0 Å². The minimum Gasteiger partial charge on any atom is -0.358 e. The highest BCUT2D eigenvalue weighted by Gasteiger charge is 2.04. The first-order chi connectivity index (χ1) is 8.17. The molecule has 94 valence electrons. The van der Waals surface area contributed by atoms with Crippen LogP contribution in [0, 0.1) is 0 Å². The average molecular weight is 236 g/mol. The second kappa shape index (κ2) is 6.83. The van der Waals surface area contributed by atoms with Gasteiger partial charge in [-0.15, -0.1) is 10.2 Å². The van der Waals surface area contributed by atoms with Gasteiger partial charge in [-0.3, -0.25) is 4.79 Å². The lowest BCUT2D eigenvalue weighted by Crippen LogP contribution is -2.20. The zero-order valence-electron chi connectivity index (χ0n) is 10.7. The van der Waals surface area contributed by atoms with Gasteiger partial charge in [0.2, 0.25) is 5.91 Å². The van der Waals surface area contributed by atoms with Crippen molar-refractivity contribution in [3.8, 4) is 0 Å². The summed E-state index contributed by atoms with van der Waals surface area (Å²) in [4.78, 5) is 13.2. The molecule has 0 aliphatic rings. The molecule has 0 aliphatic carbocycles. The van der Waals surface area contributed by atoms with Gasteiger partial charge in [-0.1, -0.05) is 20.3 Å². The molecule has 5 heteroatoms. The van der Waals surface area contributed by atoms with Crippen LogP contribution in [0.4, 0.5) is 11.6 Å². The van der Waals surface area contributed by atoms with Crippen LogP contribution in [-0.2, 0) is 4.79 Å². The fourth-order valence-electron chi connectivity index (χ4n) is 1.34. The van der Waals surface area contributed by atoms with Crippen molar-refractivity contribution in [2.45, 2.75) is 33.1 Å². The molecule has 0 atom stereocenters. The van der Waals surface area contributed by atoms with Crippen molar-refractivity contribution in [2.24, 2.45) is 0 Å². The zero-order valence-corrected chi connectivity index (χ0v) is 10.7. The van der Waals surface area contributed by atoms with Gasteiger partial charge in [0.15, 0.2) is 11.6 Å². The van der Waals surface area contributed by atoms with Crippen molar-refractivity contribution in [3.63, 3.8) is 0 Å². The van der Waals surface area contributed by atoms with Crippen molar-refractivity contribution in [1.29, 1.82) is 0 Å². The molecule has 0 aromatic carbocycles. The van der Waals surface area contributed by atoms with Crippen molar-refractivity contribution in [1.82, 2.24) is 10.2 Å². The molecular formula is C12H20N4O. The van der Waals surface area contributed by atoms with Gasteiger partial charge in [-0.2, -0.15) is 0 Å². The number of aromatic nitrogens is 2. The third-order valence-corrected chi connectivity index (χ3v) is 2.48. The van der Waals surface area contributed by atoms with Crippen LogP contribution in [0.15, 0.2) is 12.1 Å². The molecule has 0 unspecified atom stereocenters. The SMILES string of the molecule is CCCCN(C)c1ccc(NC(=O)CC)nn1.